The fraction of sp³-hybridized carbons (Fsp3) is 0.437. The van der Waals surface area contributed by atoms with Crippen LogP contribution in [0, 0.1) is 47.3 Å². The number of aromatic amines is 1. The number of anilines is 1. The molecule has 2 aliphatic carbocycles. The zero-order chi connectivity index (χ0) is 58.0. The zero-order valence-corrected chi connectivity index (χ0v) is 48.5. The maximum Gasteiger partial charge on any atom is 0.173 e. The van der Waals surface area contributed by atoms with Crippen molar-refractivity contribution in [3.05, 3.63) is 184 Å². The Labute approximate surface area is 489 Å². The third kappa shape index (κ3) is 14.2. The molecule has 0 radical (unpaired) electrons. The average Bonchev–Trinajstić information content (AvgIpc) is 4.05. The van der Waals surface area contributed by atoms with Crippen molar-refractivity contribution >= 4 is 28.0 Å². The van der Waals surface area contributed by atoms with Gasteiger partial charge in [0.15, 0.2) is 29.2 Å². The number of benzene rings is 5. The summed E-state index contributed by atoms with van der Waals surface area (Å²) < 4.78 is 5.82. The van der Waals surface area contributed by atoms with Gasteiger partial charge in [0.1, 0.15) is 5.82 Å². The van der Waals surface area contributed by atoms with Gasteiger partial charge in [-0.15, -0.1) is 0 Å². The topological polar surface area (TPSA) is 196 Å². The number of aromatic hydroxyl groups is 1. The number of phenols is 1. The number of phenolic OH excluding ortho intramolecular Hbond substituents is 1. The maximum absolute atomic E-state index is 15.4. The second-order valence-electron chi connectivity index (χ2n) is 24.0. The van der Waals surface area contributed by atoms with Crippen molar-refractivity contribution in [2.75, 3.05) is 38.7 Å². The first-order chi connectivity index (χ1) is 40.4. The number of aromatic nitrogens is 1. The van der Waals surface area contributed by atoms with E-state index in [-0.39, 0.29) is 60.5 Å². The molecule has 83 heavy (non-hydrogen) atoms. The Morgan fingerprint density at radius 3 is 2.36 bits per heavy atom. The molecule has 1 aromatic heterocycles. The lowest BCUT2D eigenvalue weighted by atomic mass is 9.71. The molecule has 6 aromatic rings. The van der Waals surface area contributed by atoms with E-state index in [4.69, 9.17) is 4.74 Å². The summed E-state index contributed by atoms with van der Waals surface area (Å²) in [5.74, 6) is 5.01. The lowest BCUT2D eigenvalue weighted by molar-refractivity contribution is -0.142. The monoisotopic (exact) mass is 1120 g/mol. The molecule has 436 valence electrons. The number of allylic oxidation sites excluding steroid dienone is 2. The second kappa shape index (κ2) is 27.6. The van der Waals surface area contributed by atoms with Crippen LogP contribution in [0.3, 0.4) is 0 Å². The summed E-state index contributed by atoms with van der Waals surface area (Å²) in [6.07, 6.45) is 9.27. The Kier molecular flexibility index (Phi) is 19.7. The molecule has 0 saturated heterocycles. The van der Waals surface area contributed by atoms with Crippen LogP contribution < -0.4 is 20.7 Å². The van der Waals surface area contributed by atoms with Crippen LogP contribution in [-0.2, 0) is 41.7 Å². The highest BCUT2D eigenvalue weighted by Crippen LogP contribution is 2.48. The number of β-amino-alcohol motifs (C(OH)–C–C–N with tert-alkyl or cyclic N) is 1. The Hall–Kier alpha value is -6.98. The molecule has 1 fully saturated rings. The summed E-state index contributed by atoms with van der Waals surface area (Å²) >= 11 is 0. The number of dihydropyridines is 1. The van der Waals surface area contributed by atoms with Gasteiger partial charge in [0.2, 0.25) is 0 Å². The number of Topliss-reactive ketones (excluding diaryl/α,β-unsaturated/α-hetero) is 2. The quantitative estimate of drug-likeness (QED) is 0.0468. The predicted molar refractivity (Wildman–Crippen MR) is 328 cm³/mol. The van der Waals surface area contributed by atoms with E-state index in [1.165, 1.54) is 7.11 Å². The van der Waals surface area contributed by atoms with Crippen LogP contribution >= 0.6 is 0 Å². The third-order valence-electron chi connectivity index (χ3n) is 18.4. The van der Waals surface area contributed by atoms with E-state index in [1.807, 2.05) is 54.7 Å². The summed E-state index contributed by atoms with van der Waals surface area (Å²) in [5.41, 5.74) is 9.31. The van der Waals surface area contributed by atoms with Crippen molar-refractivity contribution in [3.63, 3.8) is 0 Å². The van der Waals surface area contributed by atoms with Gasteiger partial charge < -0.3 is 51.2 Å². The standard InChI is InChI=1S/C71H84N4O8/c1-4-12-60-54-34-53(33-49-22-26-61(48-15-9-6-10-16-48)68-51(23-27-64(78)71(82)70(81)63(49)37-54)38-66(83-3)69(80)62(68)25-19-45-13-7-5-8-14-45)59(17-11-30-76)50-28-29-73-67(39-50)75-56-24-21-47-20-18-46(31-52(47)35-56)32-58(77)43-72-41-44(2)55-36-57(74-42-55)40-65(60)79/h5-10,13-16,18,20-21,24,28,31,35-36,38-39,42,44,49,53-54,58-61,63,65,71-77,79-80,82H,4,11-12,17,19,23,25,27,29-30,32-34,37,40-41,43H2,1-3H3/t44-,49-,53+,54-,58+,59-,60+,61+,63-,65-,71+/m1/s1. The number of ether oxygens (including phenoxy) is 1. The summed E-state index contributed by atoms with van der Waals surface area (Å²) in [7, 11) is 1.52. The minimum absolute atomic E-state index is 0.00581. The fourth-order valence-corrected chi connectivity index (χ4v) is 14.1. The minimum Gasteiger partial charge on any atom is -0.504 e. The normalized spacial score (nSPS) is 26.4. The van der Waals surface area contributed by atoms with Gasteiger partial charge in [0.05, 0.1) is 25.2 Å². The number of ketones is 2. The minimum atomic E-state index is -1.89. The zero-order valence-electron chi connectivity index (χ0n) is 48.5. The molecule has 2 aliphatic heterocycles. The number of carbonyl (C=O) groups is 2. The highest BCUT2D eigenvalue weighted by Gasteiger charge is 2.45. The summed E-state index contributed by atoms with van der Waals surface area (Å²) in [4.78, 5) is 33.5. The number of rotatable bonds is 10. The van der Waals surface area contributed by atoms with Crippen LogP contribution in [-0.4, -0.2) is 93.7 Å². The van der Waals surface area contributed by atoms with Crippen LogP contribution in [0.2, 0.25) is 0 Å². The van der Waals surface area contributed by atoms with Crippen molar-refractivity contribution in [2.24, 2.45) is 35.5 Å². The Morgan fingerprint density at radius 1 is 0.783 bits per heavy atom. The molecule has 0 amide bonds. The summed E-state index contributed by atoms with van der Waals surface area (Å²) in [5, 5.41) is 71.9. The molecule has 10 rings (SSSR count). The Bertz CT molecular complexity index is 3320. The number of carbonyl (C=O) groups excluding carboxylic acids is 2. The third-order valence-corrected chi connectivity index (χ3v) is 18.4. The number of aliphatic hydroxyl groups excluding tert-OH is 4. The smallest absolute Gasteiger partial charge is 0.173 e. The largest absolute Gasteiger partial charge is 0.504 e. The summed E-state index contributed by atoms with van der Waals surface area (Å²) in [6, 6.07) is 36.8. The molecule has 5 aromatic carbocycles. The molecule has 4 aliphatic rings. The van der Waals surface area contributed by atoms with Crippen LogP contribution in [0.5, 0.6) is 11.5 Å². The summed E-state index contributed by atoms with van der Waals surface area (Å²) in [6.45, 7) is 5.93. The number of aliphatic hydroxyl groups is 4. The number of hydrogen-bond donors (Lipinski definition) is 9. The van der Waals surface area contributed by atoms with Gasteiger partial charge in [-0.05, 0) is 174 Å². The molecule has 12 heteroatoms. The van der Waals surface area contributed by atoms with Gasteiger partial charge >= 0.3 is 0 Å². The van der Waals surface area contributed by atoms with Crippen molar-refractivity contribution in [3.8, 4) is 23.3 Å². The van der Waals surface area contributed by atoms with Gasteiger partial charge in [-0.3, -0.25) is 9.59 Å². The van der Waals surface area contributed by atoms with Gasteiger partial charge in [0.25, 0.3) is 0 Å². The Morgan fingerprint density at radius 2 is 1.58 bits per heavy atom. The molecule has 9 N–H and O–H groups in total. The fourth-order valence-electron chi connectivity index (χ4n) is 14.1. The van der Waals surface area contributed by atoms with E-state index in [1.54, 1.807) is 6.07 Å². The van der Waals surface area contributed by atoms with E-state index in [0.29, 0.717) is 89.4 Å². The van der Waals surface area contributed by atoms with E-state index < -0.39 is 47.6 Å². The average molecular weight is 1120 g/mol. The number of aryl methyl sites for hydroxylation is 2. The molecule has 12 nitrogen and oxygen atoms in total. The number of H-pyrrole nitrogens is 1. The van der Waals surface area contributed by atoms with E-state index in [0.717, 1.165) is 73.3 Å². The SMILES string of the molecule is CCC[C@H]1[C@@H]2C[C@H](C[C@H]3C#C[C@@H](c4ccccc4)c4c(cc(OC)c(O)c4CCc4ccccc4)CCC(=O)[C@H](O)C(=O)[C@@H]3C2)[C@H](CCCO)C2=CCNC(=C2)Nc2ccc3ccc(cc3c2)C[C@H](O)CNC[C@@H](C)c2c[nH]c(c2)C[C@H]1O. The van der Waals surface area contributed by atoms with Crippen LogP contribution in [0.1, 0.15) is 122 Å². The highest BCUT2D eigenvalue weighted by molar-refractivity contribution is 6.06. The van der Waals surface area contributed by atoms with E-state index >= 15 is 4.79 Å². The first-order valence-corrected chi connectivity index (χ1v) is 30.4. The Balaban J connectivity index is 1.12. The lowest BCUT2D eigenvalue weighted by Gasteiger charge is -2.36. The van der Waals surface area contributed by atoms with E-state index in [2.05, 4.69) is 113 Å². The highest BCUT2D eigenvalue weighted by atomic mass is 16.5. The molecule has 0 spiro atoms. The van der Waals surface area contributed by atoms with Crippen LogP contribution in [0.15, 0.2) is 139 Å². The lowest BCUT2D eigenvalue weighted by Crippen LogP contribution is -2.40. The molecule has 11 atom stereocenters. The molecular formula is C71H84N4O8. The van der Waals surface area contributed by atoms with Crippen LogP contribution in [0.25, 0.3) is 10.8 Å². The predicted octanol–water partition coefficient (Wildman–Crippen LogP) is 10.4. The molecular weight excluding hydrogens is 1040 g/mol. The maximum atomic E-state index is 15.4. The second-order valence-corrected chi connectivity index (χ2v) is 24.0. The van der Waals surface area contributed by atoms with E-state index in [9.17, 15) is 30.3 Å². The number of hydrogen-bond acceptors (Lipinski definition) is 11. The van der Waals surface area contributed by atoms with Gasteiger partial charge in [-0.2, -0.15) is 0 Å². The van der Waals surface area contributed by atoms with Crippen molar-refractivity contribution in [2.45, 2.75) is 127 Å². The first-order valence-electron chi connectivity index (χ1n) is 30.4. The van der Waals surface area contributed by atoms with Crippen molar-refractivity contribution in [1.82, 2.24) is 15.6 Å². The van der Waals surface area contributed by atoms with Gasteiger partial charge in [-0.25, -0.2) is 0 Å². The number of methoxy groups -OCH3 is 1. The first kappa shape index (κ1) is 59.2. The van der Waals surface area contributed by atoms with Crippen molar-refractivity contribution in [1.29, 1.82) is 0 Å². The molecule has 9 bridgehead atoms. The number of nitrogens with one attached hydrogen (secondary N) is 4. The molecule has 3 heterocycles. The van der Waals surface area contributed by atoms with Gasteiger partial charge in [-0.1, -0.05) is 123 Å². The van der Waals surface area contributed by atoms with Gasteiger partial charge in [0, 0.05) is 74.1 Å². The molecule has 0 unspecified atom stereocenters. The number of fused-ring (bicyclic) bond motifs is 9. The van der Waals surface area contributed by atoms with Crippen molar-refractivity contribution < 1.29 is 39.9 Å². The molecule has 1 saturated carbocycles. The van der Waals surface area contributed by atoms with Crippen LogP contribution in [0.4, 0.5) is 5.69 Å².